The zero-order valence-electron chi connectivity index (χ0n) is 10.8. The van der Waals surface area contributed by atoms with Gasteiger partial charge in [-0.2, -0.15) is 0 Å². The molecule has 0 radical (unpaired) electrons. The summed E-state index contributed by atoms with van der Waals surface area (Å²) in [4.78, 5) is 25.7. The summed E-state index contributed by atoms with van der Waals surface area (Å²) in [6, 6.07) is 12.4. The van der Waals surface area contributed by atoms with Gasteiger partial charge in [0.2, 0.25) is 5.56 Å². The van der Waals surface area contributed by atoms with Crippen LogP contribution in [0.2, 0.25) is 0 Å². The van der Waals surface area contributed by atoms with E-state index in [-0.39, 0.29) is 17.5 Å². The van der Waals surface area contributed by atoms with Gasteiger partial charge in [0.15, 0.2) is 0 Å². The molecule has 1 unspecified atom stereocenters. The molecule has 2 rings (SSSR count). The number of amides is 1. The smallest absolute Gasteiger partial charge is 0.251 e. The van der Waals surface area contributed by atoms with Gasteiger partial charge in [-0.15, -0.1) is 11.6 Å². The number of nitrogens with one attached hydrogen (secondary N) is 2. The van der Waals surface area contributed by atoms with Gasteiger partial charge in [-0.3, -0.25) is 9.59 Å². The first-order valence-electron chi connectivity index (χ1n) is 6.28. The summed E-state index contributed by atoms with van der Waals surface area (Å²) >= 11 is 5.90. The van der Waals surface area contributed by atoms with Crippen LogP contribution in [0.15, 0.2) is 53.5 Å². The summed E-state index contributed by atoms with van der Waals surface area (Å²) < 4.78 is 0. The Balaban J connectivity index is 2.03. The van der Waals surface area contributed by atoms with Gasteiger partial charge in [0.1, 0.15) is 0 Å². The molecule has 0 fully saturated rings. The molecule has 104 valence electrons. The Kier molecular flexibility index (Phi) is 4.96. The van der Waals surface area contributed by atoms with Crippen LogP contribution in [-0.2, 0) is 6.42 Å². The van der Waals surface area contributed by atoms with Gasteiger partial charge in [-0.25, -0.2) is 0 Å². The van der Waals surface area contributed by atoms with E-state index in [1.807, 2.05) is 30.3 Å². The van der Waals surface area contributed by atoms with Crippen molar-refractivity contribution in [3.05, 3.63) is 70.1 Å². The lowest BCUT2D eigenvalue weighted by Gasteiger charge is -2.16. The van der Waals surface area contributed by atoms with Crippen molar-refractivity contribution in [2.75, 3.05) is 5.88 Å². The Morgan fingerprint density at radius 3 is 2.65 bits per heavy atom. The van der Waals surface area contributed by atoms with Crippen molar-refractivity contribution < 1.29 is 4.79 Å². The number of aromatic nitrogens is 1. The highest BCUT2D eigenvalue weighted by atomic mass is 35.5. The number of rotatable bonds is 5. The van der Waals surface area contributed by atoms with Gasteiger partial charge in [0, 0.05) is 29.7 Å². The van der Waals surface area contributed by atoms with Gasteiger partial charge >= 0.3 is 0 Å². The predicted molar refractivity (Wildman–Crippen MR) is 79.2 cm³/mol. The van der Waals surface area contributed by atoms with Crippen LogP contribution >= 0.6 is 11.6 Å². The molecule has 0 spiro atoms. The highest BCUT2D eigenvalue weighted by Crippen LogP contribution is 2.05. The van der Waals surface area contributed by atoms with Gasteiger partial charge < -0.3 is 10.3 Å². The van der Waals surface area contributed by atoms with Crippen LogP contribution in [0.3, 0.4) is 0 Å². The second kappa shape index (κ2) is 6.91. The number of aromatic amines is 1. The molecule has 2 aromatic rings. The summed E-state index contributed by atoms with van der Waals surface area (Å²) in [6.07, 6.45) is 2.10. The normalized spacial score (nSPS) is 11.8. The standard InChI is InChI=1S/C15H15ClN2O2/c16-10-13(8-11-4-2-1-3-5-11)18-15(20)12-6-7-17-14(19)9-12/h1-7,9,13H,8,10H2,(H,17,19)(H,18,20). The number of hydrogen-bond donors (Lipinski definition) is 2. The molecule has 0 aliphatic rings. The van der Waals surface area contributed by atoms with Crippen LogP contribution in [0.5, 0.6) is 0 Å². The quantitative estimate of drug-likeness (QED) is 0.827. The molecule has 1 aromatic carbocycles. The number of alkyl halides is 1. The zero-order valence-corrected chi connectivity index (χ0v) is 11.6. The molecule has 1 heterocycles. The summed E-state index contributed by atoms with van der Waals surface area (Å²) in [5, 5.41) is 2.84. The van der Waals surface area contributed by atoms with E-state index in [2.05, 4.69) is 10.3 Å². The van der Waals surface area contributed by atoms with Crippen LogP contribution in [-0.4, -0.2) is 22.8 Å². The summed E-state index contributed by atoms with van der Waals surface area (Å²) in [7, 11) is 0. The molecule has 0 aliphatic heterocycles. The molecule has 0 aliphatic carbocycles. The minimum absolute atomic E-state index is 0.175. The van der Waals surface area contributed by atoms with Crippen molar-refractivity contribution in [1.82, 2.24) is 10.3 Å². The van der Waals surface area contributed by atoms with Crippen LogP contribution in [0.25, 0.3) is 0 Å². The summed E-state index contributed by atoms with van der Waals surface area (Å²) in [5.74, 6) is 0.0155. The molecule has 4 nitrogen and oxygen atoms in total. The lowest BCUT2D eigenvalue weighted by molar-refractivity contribution is 0.0940. The van der Waals surface area contributed by atoms with Gasteiger partial charge in [0.25, 0.3) is 5.91 Å². The first kappa shape index (κ1) is 14.3. The number of pyridine rings is 1. The fraction of sp³-hybridized carbons (Fsp3) is 0.200. The lowest BCUT2D eigenvalue weighted by Crippen LogP contribution is -2.38. The predicted octanol–water partition coefficient (Wildman–Crippen LogP) is 1.95. The third-order valence-corrected chi connectivity index (χ3v) is 3.26. The second-order valence-electron chi connectivity index (χ2n) is 4.46. The van der Waals surface area contributed by atoms with Gasteiger partial charge in [-0.1, -0.05) is 30.3 Å². The van der Waals surface area contributed by atoms with Gasteiger partial charge in [-0.05, 0) is 18.1 Å². The number of carbonyl (C=O) groups is 1. The Labute approximate surface area is 121 Å². The molecule has 1 aromatic heterocycles. The maximum atomic E-state index is 12.0. The van der Waals surface area contributed by atoms with Crippen molar-refractivity contribution >= 4 is 17.5 Å². The van der Waals surface area contributed by atoms with Crippen molar-refractivity contribution in [2.24, 2.45) is 0 Å². The first-order chi connectivity index (χ1) is 9.69. The van der Waals surface area contributed by atoms with Crippen molar-refractivity contribution in [2.45, 2.75) is 12.5 Å². The Morgan fingerprint density at radius 2 is 2.00 bits per heavy atom. The number of H-pyrrole nitrogens is 1. The maximum Gasteiger partial charge on any atom is 0.251 e. The van der Waals surface area contributed by atoms with E-state index < -0.39 is 0 Å². The SMILES string of the molecule is O=C(NC(CCl)Cc1ccccc1)c1cc[nH]c(=O)c1. The fourth-order valence-electron chi connectivity index (χ4n) is 1.90. The molecule has 0 saturated heterocycles. The highest BCUT2D eigenvalue weighted by Gasteiger charge is 2.13. The first-order valence-corrected chi connectivity index (χ1v) is 6.82. The Hall–Kier alpha value is -2.07. The Morgan fingerprint density at radius 1 is 1.25 bits per heavy atom. The highest BCUT2D eigenvalue weighted by molar-refractivity contribution is 6.18. The van der Waals surface area contributed by atoms with E-state index in [0.29, 0.717) is 17.9 Å². The molecule has 20 heavy (non-hydrogen) atoms. The number of carbonyl (C=O) groups excluding carboxylic acids is 1. The minimum Gasteiger partial charge on any atom is -0.348 e. The average Bonchev–Trinajstić information content (AvgIpc) is 2.47. The van der Waals surface area contributed by atoms with E-state index in [9.17, 15) is 9.59 Å². The second-order valence-corrected chi connectivity index (χ2v) is 4.76. The van der Waals surface area contributed by atoms with Crippen LogP contribution in [0.1, 0.15) is 15.9 Å². The molecule has 0 bridgehead atoms. The van der Waals surface area contributed by atoms with E-state index in [0.717, 1.165) is 5.56 Å². The van der Waals surface area contributed by atoms with Gasteiger partial charge in [0.05, 0.1) is 0 Å². The third kappa shape index (κ3) is 3.96. The van der Waals surface area contributed by atoms with Crippen molar-refractivity contribution in [1.29, 1.82) is 0 Å². The molecular formula is C15H15ClN2O2. The number of benzene rings is 1. The topological polar surface area (TPSA) is 62.0 Å². The summed E-state index contributed by atoms with van der Waals surface area (Å²) in [6.45, 7) is 0. The lowest BCUT2D eigenvalue weighted by atomic mass is 10.1. The molecule has 1 atom stereocenters. The molecule has 0 saturated carbocycles. The maximum absolute atomic E-state index is 12.0. The molecule has 5 heteroatoms. The number of halogens is 1. The molecule has 2 N–H and O–H groups in total. The van der Waals surface area contributed by atoms with Crippen molar-refractivity contribution in [3.63, 3.8) is 0 Å². The largest absolute Gasteiger partial charge is 0.348 e. The van der Waals surface area contributed by atoms with E-state index in [1.165, 1.54) is 12.3 Å². The summed E-state index contributed by atoms with van der Waals surface area (Å²) in [5.41, 5.74) is 1.13. The number of hydrogen-bond acceptors (Lipinski definition) is 2. The van der Waals surface area contributed by atoms with E-state index in [1.54, 1.807) is 6.07 Å². The zero-order chi connectivity index (χ0) is 14.4. The van der Waals surface area contributed by atoms with Crippen molar-refractivity contribution in [3.8, 4) is 0 Å². The monoisotopic (exact) mass is 290 g/mol. The van der Waals surface area contributed by atoms with Crippen LogP contribution in [0, 0.1) is 0 Å². The van der Waals surface area contributed by atoms with E-state index >= 15 is 0 Å². The van der Waals surface area contributed by atoms with Crippen LogP contribution < -0.4 is 10.9 Å². The molecular weight excluding hydrogens is 276 g/mol. The average molecular weight is 291 g/mol. The fourth-order valence-corrected chi connectivity index (χ4v) is 2.08. The van der Waals surface area contributed by atoms with E-state index in [4.69, 9.17) is 11.6 Å². The molecule has 1 amide bonds. The Bertz CT molecular complexity index is 625. The third-order valence-electron chi connectivity index (χ3n) is 2.88. The van der Waals surface area contributed by atoms with Crippen LogP contribution in [0.4, 0.5) is 0 Å². The minimum atomic E-state index is -0.303.